The van der Waals surface area contributed by atoms with Gasteiger partial charge >= 0.3 is 18.3 Å². The summed E-state index contributed by atoms with van der Waals surface area (Å²) in [5.74, 6) is -3.85. The van der Waals surface area contributed by atoms with Crippen molar-refractivity contribution in [2.75, 3.05) is 0 Å². The summed E-state index contributed by atoms with van der Waals surface area (Å²) in [7, 11) is 0. The second-order valence-corrected chi connectivity index (χ2v) is 4.72. The Balaban J connectivity index is 2.43. The molecule has 0 radical (unpaired) electrons. The summed E-state index contributed by atoms with van der Waals surface area (Å²) >= 11 is 0. The summed E-state index contributed by atoms with van der Waals surface area (Å²) in [6.45, 7) is 0. The molecule has 0 saturated carbocycles. The van der Waals surface area contributed by atoms with Crippen LogP contribution in [0.25, 0.3) is 0 Å². The SMILES string of the molecule is O=C(ON1C(=O)CCC1=O)c1cc(C(F)(F)F)ccc1C(F)(F)F. The zero-order valence-corrected chi connectivity index (χ0v) is 11.5. The lowest BCUT2D eigenvalue weighted by molar-refractivity contribution is -0.173. The highest BCUT2D eigenvalue weighted by Gasteiger charge is 2.41. The number of hydrogen-bond acceptors (Lipinski definition) is 4. The maximum atomic E-state index is 12.9. The van der Waals surface area contributed by atoms with E-state index in [1.807, 2.05) is 0 Å². The third-order valence-corrected chi connectivity index (χ3v) is 3.05. The molecule has 1 aliphatic heterocycles. The van der Waals surface area contributed by atoms with E-state index in [2.05, 4.69) is 4.84 Å². The molecule has 130 valence electrons. The minimum absolute atomic E-state index is 0.0455. The Morgan fingerprint density at radius 3 is 1.96 bits per heavy atom. The fourth-order valence-corrected chi connectivity index (χ4v) is 1.93. The molecule has 11 heteroatoms. The predicted molar refractivity (Wildman–Crippen MR) is 62.9 cm³/mol. The third kappa shape index (κ3) is 3.49. The van der Waals surface area contributed by atoms with Crippen molar-refractivity contribution in [2.45, 2.75) is 25.2 Å². The van der Waals surface area contributed by atoms with Crippen LogP contribution in [0.1, 0.15) is 34.3 Å². The number of hydrogen-bond donors (Lipinski definition) is 0. The van der Waals surface area contributed by atoms with E-state index in [1.54, 1.807) is 0 Å². The van der Waals surface area contributed by atoms with Gasteiger partial charge in [0.1, 0.15) is 0 Å². The van der Waals surface area contributed by atoms with Gasteiger partial charge in [0.2, 0.25) is 0 Å². The summed E-state index contributed by atoms with van der Waals surface area (Å²) in [6.07, 6.45) is -10.8. The Bertz CT molecular complexity index is 693. The Kier molecular flexibility index (Phi) is 4.29. The molecule has 0 atom stereocenters. The number of carbonyl (C=O) groups excluding carboxylic acids is 3. The van der Waals surface area contributed by atoms with E-state index in [9.17, 15) is 40.7 Å². The molecule has 0 unspecified atom stereocenters. The van der Waals surface area contributed by atoms with E-state index in [0.717, 1.165) is 0 Å². The van der Waals surface area contributed by atoms with E-state index >= 15 is 0 Å². The van der Waals surface area contributed by atoms with Gasteiger partial charge in [-0.1, -0.05) is 0 Å². The van der Waals surface area contributed by atoms with Crippen LogP contribution >= 0.6 is 0 Å². The van der Waals surface area contributed by atoms with Crippen LogP contribution in [0.3, 0.4) is 0 Å². The molecule has 0 aromatic heterocycles. The number of alkyl halides is 6. The fraction of sp³-hybridized carbons (Fsp3) is 0.308. The largest absolute Gasteiger partial charge is 0.417 e. The lowest BCUT2D eigenvalue weighted by Crippen LogP contribution is -2.33. The Hall–Kier alpha value is -2.59. The molecule has 1 heterocycles. The maximum Gasteiger partial charge on any atom is 0.417 e. The third-order valence-electron chi connectivity index (χ3n) is 3.05. The molecule has 1 saturated heterocycles. The molecular weight excluding hydrogens is 348 g/mol. The number of rotatable bonds is 2. The van der Waals surface area contributed by atoms with Crippen LogP contribution in [0.15, 0.2) is 18.2 Å². The summed E-state index contributed by atoms with van der Waals surface area (Å²) < 4.78 is 76.5. The standard InChI is InChI=1S/C13H7F6NO4/c14-12(15,16)6-1-2-8(13(17,18)19)7(5-6)11(23)24-20-9(21)3-4-10(20)22/h1-2,5H,3-4H2. The van der Waals surface area contributed by atoms with Crippen molar-refractivity contribution in [1.29, 1.82) is 0 Å². The second-order valence-electron chi connectivity index (χ2n) is 4.72. The van der Waals surface area contributed by atoms with Gasteiger partial charge in [0, 0.05) is 12.8 Å². The van der Waals surface area contributed by atoms with Gasteiger partial charge in [0.25, 0.3) is 11.8 Å². The summed E-state index contributed by atoms with van der Waals surface area (Å²) in [4.78, 5) is 38.6. The van der Waals surface area contributed by atoms with Gasteiger partial charge in [-0.3, -0.25) is 9.59 Å². The Morgan fingerprint density at radius 1 is 0.958 bits per heavy atom. The van der Waals surface area contributed by atoms with E-state index in [1.165, 1.54) is 0 Å². The van der Waals surface area contributed by atoms with E-state index < -0.39 is 46.8 Å². The maximum absolute atomic E-state index is 12.9. The fourth-order valence-electron chi connectivity index (χ4n) is 1.93. The van der Waals surface area contributed by atoms with Crippen molar-refractivity contribution in [1.82, 2.24) is 5.06 Å². The molecule has 1 aromatic rings. The first kappa shape index (κ1) is 17.8. The van der Waals surface area contributed by atoms with Crippen molar-refractivity contribution in [2.24, 2.45) is 0 Å². The van der Waals surface area contributed by atoms with Gasteiger partial charge in [0.15, 0.2) is 0 Å². The first-order valence-electron chi connectivity index (χ1n) is 6.28. The molecule has 1 fully saturated rings. The summed E-state index contributed by atoms with van der Waals surface area (Å²) in [5, 5.41) is -0.0528. The molecule has 0 bridgehead atoms. The number of benzene rings is 1. The van der Waals surface area contributed by atoms with Crippen LogP contribution in [0.2, 0.25) is 0 Å². The van der Waals surface area contributed by atoms with E-state index in [0.29, 0.717) is 0 Å². The molecule has 5 nitrogen and oxygen atoms in total. The number of amides is 2. The van der Waals surface area contributed by atoms with Crippen molar-refractivity contribution < 1.29 is 45.6 Å². The van der Waals surface area contributed by atoms with Crippen LogP contribution in [0.4, 0.5) is 26.3 Å². The topological polar surface area (TPSA) is 63.7 Å². The highest BCUT2D eigenvalue weighted by Crippen LogP contribution is 2.37. The van der Waals surface area contributed by atoms with E-state index in [-0.39, 0.29) is 36.1 Å². The first-order valence-corrected chi connectivity index (χ1v) is 6.28. The number of hydroxylamine groups is 2. The number of carbonyl (C=O) groups is 3. The monoisotopic (exact) mass is 355 g/mol. The van der Waals surface area contributed by atoms with Gasteiger partial charge in [-0.25, -0.2) is 4.79 Å². The van der Waals surface area contributed by atoms with Gasteiger partial charge in [-0.05, 0) is 18.2 Å². The minimum atomic E-state index is -5.14. The van der Waals surface area contributed by atoms with Crippen LogP contribution in [-0.4, -0.2) is 22.8 Å². The molecule has 2 amide bonds. The molecule has 2 rings (SSSR count). The van der Waals surface area contributed by atoms with Crippen molar-refractivity contribution >= 4 is 17.8 Å². The van der Waals surface area contributed by atoms with Crippen molar-refractivity contribution in [3.05, 3.63) is 34.9 Å². The van der Waals surface area contributed by atoms with Gasteiger partial charge in [-0.2, -0.15) is 26.3 Å². The molecule has 0 aliphatic carbocycles. The molecular formula is C13H7F6NO4. The van der Waals surface area contributed by atoms with Crippen LogP contribution in [0, 0.1) is 0 Å². The highest BCUT2D eigenvalue weighted by atomic mass is 19.4. The first-order chi connectivity index (χ1) is 10.9. The summed E-state index contributed by atoms with van der Waals surface area (Å²) in [6, 6.07) is 0.189. The molecule has 1 aromatic carbocycles. The van der Waals surface area contributed by atoms with Gasteiger partial charge < -0.3 is 4.84 Å². The normalized spacial score (nSPS) is 15.8. The smallest absolute Gasteiger partial charge is 0.325 e. The number of halogens is 6. The lowest BCUT2D eigenvalue weighted by atomic mass is 10.0. The van der Waals surface area contributed by atoms with Gasteiger partial charge in [0.05, 0.1) is 16.7 Å². The molecule has 0 N–H and O–H groups in total. The minimum Gasteiger partial charge on any atom is -0.325 e. The quantitative estimate of drug-likeness (QED) is 0.605. The van der Waals surface area contributed by atoms with Crippen LogP contribution in [-0.2, 0) is 26.8 Å². The lowest BCUT2D eigenvalue weighted by Gasteiger charge is -2.17. The van der Waals surface area contributed by atoms with Crippen molar-refractivity contribution in [3.8, 4) is 0 Å². The van der Waals surface area contributed by atoms with Crippen LogP contribution < -0.4 is 0 Å². The Labute approximate surface area is 129 Å². The van der Waals surface area contributed by atoms with E-state index in [4.69, 9.17) is 0 Å². The number of nitrogens with zero attached hydrogens (tertiary/aromatic N) is 1. The molecule has 24 heavy (non-hydrogen) atoms. The number of imide groups is 1. The van der Waals surface area contributed by atoms with Crippen LogP contribution in [0.5, 0.6) is 0 Å². The highest BCUT2D eigenvalue weighted by molar-refractivity contribution is 6.03. The second kappa shape index (κ2) is 5.80. The zero-order chi connectivity index (χ0) is 18.3. The predicted octanol–water partition coefficient (Wildman–Crippen LogP) is 2.95. The average molecular weight is 355 g/mol. The van der Waals surface area contributed by atoms with Crippen molar-refractivity contribution in [3.63, 3.8) is 0 Å². The summed E-state index contributed by atoms with van der Waals surface area (Å²) in [5.41, 5.74) is -4.65. The molecule has 1 aliphatic rings. The zero-order valence-electron chi connectivity index (χ0n) is 11.5. The molecule has 0 spiro atoms. The average Bonchev–Trinajstić information content (AvgIpc) is 2.76. The Morgan fingerprint density at radius 2 is 1.50 bits per heavy atom. The van der Waals surface area contributed by atoms with Gasteiger partial charge in [-0.15, -0.1) is 5.06 Å².